The number of nitrogens with one attached hydrogen (secondary N) is 1. The molecule has 0 aromatic heterocycles. The van der Waals surface area contributed by atoms with Gasteiger partial charge in [-0.15, -0.1) is 0 Å². The van der Waals surface area contributed by atoms with Gasteiger partial charge in [-0.25, -0.2) is 4.79 Å². The molecule has 0 aliphatic heterocycles. The first-order valence-electron chi connectivity index (χ1n) is 5.61. The maximum absolute atomic E-state index is 11.8. The Morgan fingerprint density at radius 2 is 1.84 bits per heavy atom. The normalized spacial score (nSPS) is 11.3. The molecule has 6 nitrogen and oxygen atoms in total. The van der Waals surface area contributed by atoms with Gasteiger partial charge < -0.3 is 14.8 Å². The smallest absolute Gasteiger partial charge is 0.339 e. The lowest BCUT2D eigenvalue weighted by molar-refractivity contribution is -0.150. The Labute approximate surface area is 110 Å². The number of benzene rings is 1. The van der Waals surface area contributed by atoms with E-state index in [-0.39, 0.29) is 5.56 Å². The van der Waals surface area contributed by atoms with Crippen LogP contribution in [0.5, 0.6) is 0 Å². The fraction of sp³-hybridized carbons (Fsp3) is 0.308. The van der Waals surface area contributed by atoms with E-state index in [1.807, 2.05) is 0 Å². The Balaban J connectivity index is 2.85. The maximum atomic E-state index is 11.8. The van der Waals surface area contributed by atoms with Crippen molar-refractivity contribution in [3.8, 4) is 0 Å². The minimum atomic E-state index is -0.941. The summed E-state index contributed by atoms with van der Waals surface area (Å²) in [6, 6.07) is 6.40. The number of rotatable bonds is 4. The van der Waals surface area contributed by atoms with Gasteiger partial charge in [0, 0.05) is 6.92 Å². The van der Waals surface area contributed by atoms with Crippen LogP contribution < -0.4 is 5.32 Å². The lowest BCUT2D eigenvalue weighted by Gasteiger charge is -2.14. The van der Waals surface area contributed by atoms with Crippen LogP contribution >= 0.6 is 0 Å². The molecule has 102 valence electrons. The second kappa shape index (κ2) is 6.53. The SMILES string of the molecule is COC(=O)c1ccccc1NC(=O)C(C)OC(C)=O. The lowest BCUT2D eigenvalue weighted by Crippen LogP contribution is -2.29. The molecule has 0 saturated heterocycles. The van der Waals surface area contributed by atoms with Gasteiger partial charge in [-0.05, 0) is 19.1 Å². The third-order valence-electron chi connectivity index (χ3n) is 2.30. The van der Waals surface area contributed by atoms with Crippen molar-refractivity contribution >= 4 is 23.5 Å². The fourth-order valence-corrected chi connectivity index (χ4v) is 1.42. The molecule has 1 amide bonds. The highest BCUT2D eigenvalue weighted by atomic mass is 16.5. The third-order valence-corrected chi connectivity index (χ3v) is 2.30. The quantitative estimate of drug-likeness (QED) is 0.831. The van der Waals surface area contributed by atoms with E-state index in [0.29, 0.717) is 5.69 Å². The maximum Gasteiger partial charge on any atom is 0.339 e. The predicted molar refractivity (Wildman–Crippen MR) is 67.6 cm³/mol. The summed E-state index contributed by atoms with van der Waals surface area (Å²) >= 11 is 0. The van der Waals surface area contributed by atoms with Crippen LogP contribution in [-0.2, 0) is 19.1 Å². The molecule has 6 heteroatoms. The highest BCUT2D eigenvalue weighted by molar-refractivity contribution is 6.02. The monoisotopic (exact) mass is 265 g/mol. The zero-order valence-electron chi connectivity index (χ0n) is 10.9. The number of para-hydroxylation sites is 1. The molecule has 19 heavy (non-hydrogen) atoms. The van der Waals surface area contributed by atoms with Crippen molar-refractivity contribution in [3.63, 3.8) is 0 Å². The van der Waals surface area contributed by atoms with Crippen LogP contribution in [0.15, 0.2) is 24.3 Å². The molecule has 1 atom stereocenters. The summed E-state index contributed by atoms with van der Waals surface area (Å²) in [5.41, 5.74) is 0.534. The van der Waals surface area contributed by atoms with Crippen molar-refractivity contribution in [1.82, 2.24) is 0 Å². The van der Waals surface area contributed by atoms with Crippen molar-refractivity contribution in [3.05, 3.63) is 29.8 Å². The molecular formula is C13H15NO5. The van der Waals surface area contributed by atoms with E-state index in [1.54, 1.807) is 18.2 Å². The largest absolute Gasteiger partial charge is 0.465 e. The van der Waals surface area contributed by atoms with Crippen molar-refractivity contribution < 1.29 is 23.9 Å². The van der Waals surface area contributed by atoms with E-state index in [2.05, 4.69) is 10.1 Å². The van der Waals surface area contributed by atoms with Crippen molar-refractivity contribution in [2.24, 2.45) is 0 Å². The minimum Gasteiger partial charge on any atom is -0.465 e. The van der Waals surface area contributed by atoms with E-state index in [1.165, 1.54) is 27.0 Å². The number of amides is 1. The van der Waals surface area contributed by atoms with E-state index in [0.717, 1.165) is 0 Å². The topological polar surface area (TPSA) is 81.7 Å². The molecule has 0 radical (unpaired) electrons. The highest BCUT2D eigenvalue weighted by Gasteiger charge is 2.19. The van der Waals surface area contributed by atoms with Crippen LogP contribution in [0.2, 0.25) is 0 Å². The molecule has 1 aromatic carbocycles. The predicted octanol–water partition coefficient (Wildman–Crippen LogP) is 1.36. The van der Waals surface area contributed by atoms with Crippen LogP contribution in [0.3, 0.4) is 0 Å². The zero-order valence-corrected chi connectivity index (χ0v) is 10.9. The molecule has 0 saturated carbocycles. The van der Waals surface area contributed by atoms with E-state index in [9.17, 15) is 14.4 Å². The minimum absolute atomic E-state index is 0.230. The first-order valence-corrected chi connectivity index (χ1v) is 5.61. The van der Waals surface area contributed by atoms with Gasteiger partial charge in [0.25, 0.3) is 5.91 Å². The van der Waals surface area contributed by atoms with Gasteiger partial charge in [0.2, 0.25) is 0 Å². The highest BCUT2D eigenvalue weighted by Crippen LogP contribution is 2.16. The molecule has 0 fully saturated rings. The second-order valence-electron chi connectivity index (χ2n) is 3.78. The number of ether oxygens (including phenoxy) is 2. The zero-order chi connectivity index (χ0) is 14.4. The number of carbonyl (C=O) groups excluding carboxylic acids is 3. The van der Waals surface area contributed by atoms with Gasteiger partial charge in [0.15, 0.2) is 6.10 Å². The van der Waals surface area contributed by atoms with Crippen molar-refractivity contribution in [2.45, 2.75) is 20.0 Å². The Morgan fingerprint density at radius 3 is 2.42 bits per heavy atom. The second-order valence-corrected chi connectivity index (χ2v) is 3.78. The van der Waals surface area contributed by atoms with Gasteiger partial charge in [-0.1, -0.05) is 12.1 Å². The van der Waals surface area contributed by atoms with Gasteiger partial charge in [0.1, 0.15) is 0 Å². The molecular weight excluding hydrogens is 250 g/mol. The van der Waals surface area contributed by atoms with Gasteiger partial charge in [-0.2, -0.15) is 0 Å². The molecule has 1 rings (SSSR count). The molecule has 0 spiro atoms. The standard InChI is InChI=1S/C13H15NO5/c1-8(19-9(2)15)12(16)14-11-7-5-4-6-10(11)13(17)18-3/h4-8H,1-3H3,(H,14,16). The van der Waals surface area contributed by atoms with Crippen molar-refractivity contribution in [2.75, 3.05) is 12.4 Å². The van der Waals surface area contributed by atoms with Crippen LogP contribution in [0.4, 0.5) is 5.69 Å². The van der Waals surface area contributed by atoms with Crippen LogP contribution in [0.1, 0.15) is 24.2 Å². The number of methoxy groups -OCH3 is 1. The number of hydrogen-bond donors (Lipinski definition) is 1. The molecule has 0 aliphatic rings. The van der Waals surface area contributed by atoms with E-state index in [4.69, 9.17) is 4.74 Å². The first-order chi connectivity index (χ1) is 8.95. The molecule has 0 bridgehead atoms. The Kier molecular flexibility index (Phi) is 5.05. The number of anilines is 1. The van der Waals surface area contributed by atoms with Gasteiger partial charge in [0.05, 0.1) is 18.4 Å². The van der Waals surface area contributed by atoms with Crippen LogP contribution in [0, 0.1) is 0 Å². The molecule has 0 heterocycles. The van der Waals surface area contributed by atoms with E-state index < -0.39 is 23.9 Å². The lowest BCUT2D eigenvalue weighted by atomic mass is 10.1. The van der Waals surface area contributed by atoms with Gasteiger partial charge >= 0.3 is 11.9 Å². The number of esters is 2. The molecule has 1 N–H and O–H groups in total. The van der Waals surface area contributed by atoms with E-state index >= 15 is 0 Å². The summed E-state index contributed by atoms with van der Waals surface area (Å²) in [5, 5.41) is 2.51. The van der Waals surface area contributed by atoms with Crippen molar-refractivity contribution in [1.29, 1.82) is 0 Å². The molecule has 0 aliphatic carbocycles. The summed E-state index contributed by atoms with van der Waals surface area (Å²) in [7, 11) is 1.25. The Hall–Kier alpha value is -2.37. The van der Waals surface area contributed by atoms with Gasteiger partial charge in [-0.3, -0.25) is 9.59 Å². The average molecular weight is 265 g/mol. The first kappa shape index (κ1) is 14.7. The summed E-state index contributed by atoms with van der Waals surface area (Å²) < 4.78 is 9.35. The van der Waals surface area contributed by atoms with Crippen LogP contribution in [-0.4, -0.2) is 31.1 Å². The molecule has 1 aromatic rings. The summed E-state index contributed by atoms with van der Waals surface area (Å²) in [6.45, 7) is 2.66. The summed E-state index contributed by atoms with van der Waals surface area (Å²) in [5.74, 6) is -1.63. The van der Waals surface area contributed by atoms with Crippen LogP contribution in [0.25, 0.3) is 0 Å². The number of carbonyl (C=O) groups is 3. The Bertz CT molecular complexity index is 498. The average Bonchev–Trinajstić information content (AvgIpc) is 2.37. The summed E-state index contributed by atoms with van der Waals surface area (Å²) in [4.78, 5) is 34.0. The third kappa shape index (κ3) is 4.09. The fourth-order valence-electron chi connectivity index (χ4n) is 1.42. The number of hydrogen-bond acceptors (Lipinski definition) is 5. The Morgan fingerprint density at radius 1 is 1.21 bits per heavy atom. The summed E-state index contributed by atoms with van der Waals surface area (Å²) in [6.07, 6.45) is -0.941. The molecule has 1 unspecified atom stereocenters.